The van der Waals surface area contributed by atoms with E-state index in [1.807, 2.05) is 6.07 Å². The Kier molecular flexibility index (Phi) is 4.20. The molecule has 0 saturated carbocycles. The van der Waals surface area contributed by atoms with Crippen molar-refractivity contribution in [2.24, 2.45) is 0 Å². The van der Waals surface area contributed by atoms with Crippen LogP contribution in [0.15, 0.2) is 24.3 Å². The standard InChI is InChI=1S/C12H15N3S.ClH/c1-2-6-11-10(5-1)15-12(16-11)14-8-9-4-3-7-13-9;/h1-2,5-6,9,13H,3-4,7-8H2,(H,14,15);1H. The van der Waals surface area contributed by atoms with Crippen molar-refractivity contribution in [2.45, 2.75) is 18.9 Å². The summed E-state index contributed by atoms with van der Waals surface area (Å²) >= 11 is 1.73. The molecule has 3 rings (SSSR count). The number of thiazole rings is 1. The number of benzene rings is 1. The number of rotatable bonds is 3. The lowest BCUT2D eigenvalue weighted by molar-refractivity contribution is 0.633. The number of halogens is 1. The molecule has 2 N–H and O–H groups in total. The van der Waals surface area contributed by atoms with Crippen LogP contribution in [-0.4, -0.2) is 24.1 Å². The molecule has 1 aromatic heterocycles. The van der Waals surface area contributed by atoms with Crippen LogP contribution >= 0.6 is 23.7 Å². The van der Waals surface area contributed by atoms with E-state index in [-0.39, 0.29) is 12.4 Å². The third kappa shape index (κ3) is 2.89. The van der Waals surface area contributed by atoms with Crippen molar-refractivity contribution in [3.8, 4) is 0 Å². The van der Waals surface area contributed by atoms with Crippen LogP contribution in [0.2, 0.25) is 0 Å². The Labute approximate surface area is 111 Å². The number of fused-ring (bicyclic) bond motifs is 1. The summed E-state index contributed by atoms with van der Waals surface area (Å²) in [5, 5.41) is 7.93. The van der Waals surface area contributed by atoms with E-state index in [2.05, 4.69) is 33.8 Å². The van der Waals surface area contributed by atoms with Crippen LogP contribution in [0.4, 0.5) is 5.13 Å². The van der Waals surface area contributed by atoms with E-state index in [0.29, 0.717) is 6.04 Å². The van der Waals surface area contributed by atoms with Crippen LogP contribution in [0, 0.1) is 0 Å². The molecule has 1 aliphatic rings. The predicted octanol–water partition coefficient (Wildman–Crippen LogP) is 2.88. The Morgan fingerprint density at radius 2 is 2.29 bits per heavy atom. The van der Waals surface area contributed by atoms with E-state index in [1.165, 1.54) is 17.5 Å². The molecule has 92 valence electrons. The number of para-hydroxylation sites is 1. The minimum absolute atomic E-state index is 0. The van der Waals surface area contributed by atoms with Gasteiger partial charge in [0.1, 0.15) is 0 Å². The van der Waals surface area contributed by atoms with Crippen molar-refractivity contribution in [3.63, 3.8) is 0 Å². The first kappa shape index (κ1) is 12.6. The van der Waals surface area contributed by atoms with E-state index in [1.54, 1.807) is 11.3 Å². The Hall–Kier alpha value is -0.840. The summed E-state index contributed by atoms with van der Waals surface area (Å²) in [7, 11) is 0. The molecule has 0 bridgehead atoms. The van der Waals surface area contributed by atoms with Crippen LogP contribution < -0.4 is 10.6 Å². The minimum Gasteiger partial charge on any atom is -0.360 e. The fourth-order valence-corrected chi connectivity index (χ4v) is 2.96. The Morgan fingerprint density at radius 1 is 1.41 bits per heavy atom. The van der Waals surface area contributed by atoms with E-state index >= 15 is 0 Å². The number of nitrogens with one attached hydrogen (secondary N) is 2. The van der Waals surface area contributed by atoms with Gasteiger partial charge in [-0.05, 0) is 31.5 Å². The van der Waals surface area contributed by atoms with E-state index in [0.717, 1.165) is 23.7 Å². The molecule has 0 amide bonds. The summed E-state index contributed by atoms with van der Waals surface area (Å²) in [5.74, 6) is 0. The first-order chi connectivity index (χ1) is 7.92. The molecule has 0 aliphatic carbocycles. The number of aromatic nitrogens is 1. The van der Waals surface area contributed by atoms with E-state index in [9.17, 15) is 0 Å². The lowest BCUT2D eigenvalue weighted by Gasteiger charge is -2.09. The molecule has 0 spiro atoms. The molecule has 1 aromatic carbocycles. The second-order valence-electron chi connectivity index (χ2n) is 4.16. The van der Waals surface area contributed by atoms with E-state index in [4.69, 9.17) is 0 Å². The molecule has 1 atom stereocenters. The first-order valence-corrected chi connectivity index (χ1v) is 6.56. The van der Waals surface area contributed by atoms with Gasteiger partial charge in [-0.25, -0.2) is 4.98 Å². The normalized spacial score (nSPS) is 19.2. The summed E-state index contributed by atoms with van der Waals surface area (Å²) in [6.07, 6.45) is 2.57. The molecule has 0 radical (unpaired) electrons. The van der Waals surface area contributed by atoms with Crippen molar-refractivity contribution >= 4 is 39.1 Å². The lowest BCUT2D eigenvalue weighted by Crippen LogP contribution is -2.29. The predicted molar refractivity (Wildman–Crippen MR) is 76.4 cm³/mol. The summed E-state index contributed by atoms with van der Waals surface area (Å²) in [6.45, 7) is 2.14. The van der Waals surface area contributed by atoms with Gasteiger partial charge in [-0.3, -0.25) is 0 Å². The number of anilines is 1. The third-order valence-electron chi connectivity index (χ3n) is 2.96. The Balaban J connectivity index is 0.00000108. The number of hydrogen-bond acceptors (Lipinski definition) is 4. The second kappa shape index (κ2) is 5.67. The third-order valence-corrected chi connectivity index (χ3v) is 3.95. The zero-order valence-corrected chi connectivity index (χ0v) is 11.1. The SMILES string of the molecule is Cl.c1ccc2sc(NCC3CCCN3)nc2c1. The van der Waals surface area contributed by atoms with Crippen LogP contribution in [0.3, 0.4) is 0 Å². The van der Waals surface area contributed by atoms with Gasteiger partial charge in [0.05, 0.1) is 10.2 Å². The molecule has 1 saturated heterocycles. The Morgan fingerprint density at radius 3 is 3.06 bits per heavy atom. The maximum atomic E-state index is 4.55. The highest BCUT2D eigenvalue weighted by molar-refractivity contribution is 7.22. The van der Waals surface area contributed by atoms with Gasteiger partial charge in [-0.1, -0.05) is 23.5 Å². The topological polar surface area (TPSA) is 37.0 Å². The first-order valence-electron chi connectivity index (χ1n) is 5.75. The number of hydrogen-bond donors (Lipinski definition) is 2. The average molecular weight is 270 g/mol. The quantitative estimate of drug-likeness (QED) is 0.900. The molecular weight excluding hydrogens is 254 g/mol. The molecule has 1 aliphatic heterocycles. The molecular formula is C12H16ClN3S. The van der Waals surface area contributed by atoms with Crippen LogP contribution in [0.25, 0.3) is 10.2 Å². The fourth-order valence-electron chi connectivity index (χ4n) is 2.09. The highest BCUT2D eigenvalue weighted by Gasteiger charge is 2.13. The lowest BCUT2D eigenvalue weighted by atomic mass is 10.2. The molecule has 2 aromatic rings. The van der Waals surface area contributed by atoms with Crippen molar-refractivity contribution in [1.29, 1.82) is 0 Å². The van der Waals surface area contributed by atoms with Gasteiger partial charge in [0.25, 0.3) is 0 Å². The molecule has 1 unspecified atom stereocenters. The zero-order valence-electron chi connectivity index (χ0n) is 9.48. The highest BCUT2D eigenvalue weighted by atomic mass is 35.5. The summed E-state index contributed by atoms with van der Waals surface area (Å²) in [5.41, 5.74) is 1.09. The van der Waals surface area contributed by atoms with Crippen LogP contribution in [0.5, 0.6) is 0 Å². The molecule has 2 heterocycles. The molecule has 17 heavy (non-hydrogen) atoms. The monoisotopic (exact) mass is 269 g/mol. The number of nitrogens with zero attached hydrogens (tertiary/aromatic N) is 1. The largest absolute Gasteiger partial charge is 0.360 e. The summed E-state index contributed by atoms with van der Waals surface area (Å²) in [4.78, 5) is 4.55. The van der Waals surface area contributed by atoms with Gasteiger partial charge in [-0.15, -0.1) is 12.4 Å². The second-order valence-corrected chi connectivity index (χ2v) is 5.19. The van der Waals surface area contributed by atoms with Crippen molar-refractivity contribution < 1.29 is 0 Å². The van der Waals surface area contributed by atoms with Gasteiger partial charge in [-0.2, -0.15) is 0 Å². The van der Waals surface area contributed by atoms with Gasteiger partial charge in [0, 0.05) is 12.6 Å². The maximum Gasteiger partial charge on any atom is 0.183 e. The van der Waals surface area contributed by atoms with Crippen LogP contribution in [-0.2, 0) is 0 Å². The van der Waals surface area contributed by atoms with Gasteiger partial charge < -0.3 is 10.6 Å². The highest BCUT2D eigenvalue weighted by Crippen LogP contribution is 2.25. The fraction of sp³-hybridized carbons (Fsp3) is 0.417. The smallest absolute Gasteiger partial charge is 0.183 e. The maximum absolute atomic E-state index is 4.55. The van der Waals surface area contributed by atoms with Crippen molar-refractivity contribution in [1.82, 2.24) is 10.3 Å². The summed E-state index contributed by atoms with van der Waals surface area (Å²) in [6, 6.07) is 8.89. The van der Waals surface area contributed by atoms with E-state index < -0.39 is 0 Å². The van der Waals surface area contributed by atoms with Crippen molar-refractivity contribution in [3.05, 3.63) is 24.3 Å². The van der Waals surface area contributed by atoms with Crippen molar-refractivity contribution in [2.75, 3.05) is 18.4 Å². The zero-order chi connectivity index (χ0) is 10.8. The van der Waals surface area contributed by atoms with Crippen LogP contribution in [0.1, 0.15) is 12.8 Å². The van der Waals surface area contributed by atoms with Gasteiger partial charge in [0.15, 0.2) is 5.13 Å². The Bertz CT molecular complexity index is 446. The molecule has 3 nitrogen and oxygen atoms in total. The van der Waals surface area contributed by atoms with Gasteiger partial charge in [0.2, 0.25) is 0 Å². The molecule has 5 heteroatoms. The average Bonchev–Trinajstić information content (AvgIpc) is 2.95. The summed E-state index contributed by atoms with van der Waals surface area (Å²) < 4.78 is 1.25. The minimum atomic E-state index is 0. The molecule has 1 fully saturated rings. The van der Waals surface area contributed by atoms with Gasteiger partial charge >= 0.3 is 0 Å².